The van der Waals surface area contributed by atoms with Crippen molar-refractivity contribution in [2.24, 2.45) is 0 Å². The number of aromatic nitrogens is 1. The van der Waals surface area contributed by atoms with Crippen LogP contribution in [0, 0.1) is 6.92 Å². The van der Waals surface area contributed by atoms with Crippen LogP contribution in [0.25, 0.3) is 10.9 Å². The maximum absolute atomic E-state index is 5.50. The molecule has 102 valence electrons. The summed E-state index contributed by atoms with van der Waals surface area (Å²) >= 11 is 0. The van der Waals surface area contributed by atoms with Gasteiger partial charge in [-0.1, -0.05) is 0 Å². The average Bonchev–Trinajstić information content (AvgIpc) is 2.64. The van der Waals surface area contributed by atoms with Gasteiger partial charge >= 0.3 is 0 Å². The van der Waals surface area contributed by atoms with E-state index in [0.717, 1.165) is 31.9 Å². The molecule has 0 aliphatic carbocycles. The molecule has 1 aromatic carbocycles. The van der Waals surface area contributed by atoms with E-state index in [-0.39, 0.29) is 0 Å². The molecule has 0 amide bonds. The third-order valence-corrected chi connectivity index (χ3v) is 3.84. The zero-order valence-electron chi connectivity index (χ0n) is 11.5. The van der Waals surface area contributed by atoms with Gasteiger partial charge in [0.1, 0.15) is 5.75 Å². The minimum atomic E-state index is 0.348. The molecule has 2 aromatic rings. The molecule has 1 aliphatic heterocycles. The van der Waals surface area contributed by atoms with Crippen LogP contribution in [0.2, 0.25) is 0 Å². The normalized spacial score (nSPS) is 20.4. The number of aromatic amines is 1. The van der Waals surface area contributed by atoms with E-state index in [1.54, 1.807) is 7.11 Å². The highest BCUT2D eigenvalue weighted by atomic mass is 16.5. The molecule has 1 aromatic heterocycles. The van der Waals surface area contributed by atoms with Crippen molar-refractivity contribution in [1.82, 2.24) is 10.3 Å². The Kier molecular flexibility index (Phi) is 3.44. The Morgan fingerprint density at radius 1 is 1.32 bits per heavy atom. The van der Waals surface area contributed by atoms with Gasteiger partial charge in [0, 0.05) is 35.8 Å². The molecule has 19 heavy (non-hydrogen) atoms. The number of methoxy groups -OCH3 is 1. The quantitative estimate of drug-likeness (QED) is 0.872. The van der Waals surface area contributed by atoms with Gasteiger partial charge < -0.3 is 19.8 Å². The molecule has 1 unspecified atom stereocenters. The van der Waals surface area contributed by atoms with E-state index in [0.29, 0.717) is 6.04 Å². The molecule has 0 radical (unpaired) electrons. The van der Waals surface area contributed by atoms with E-state index in [4.69, 9.17) is 9.47 Å². The van der Waals surface area contributed by atoms with Crippen molar-refractivity contribution < 1.29 is 9.47 Å². The van der Waals surface area contributed by atoms with Crippen LogP contribution in [-0.4, -0.2) is 31.9 Å². The molecule has 0 saturated carbocycles. The molecule has 3 rings (SSSR count). The summed E-state index contributed by atoms with van der Waals surface area (Å²) in [6, 6.07) is 6.52. The SMILES string of the molecule is COc1ccc2[nH]c(C3CCOCCN3)c(C)c2c1. The molecule has 1 fully saturated rings. The van der Waals surface area contributed by atoms with Gasteiger partial charge in [0.2, 0.25) is 0 Å². The van der Waals surface area contributed by atoms with Gasteiger partial charge in [-0.3, -0.25) is 0 Å². The van der Waals surface area contributed by atoms with Crippen LogP contribution < -0.4 is 10.1 Å². The first kappa shape index (κ1) is 12.5. The minimum absolute atomic E-state index is 0.348. The van der Waals surface area contributed by atoms with Gasteiger partial charge in [-0.25, -0.2) is 0 Å². The number of benzene rings is 1. The molecule has 0 bridgehead atoms. The van der Waals surface area contributed by atoms with Gasteiger partial charge in [0.25, 0.3) is 0 Å². The lowest BCUT2D eigenvalue weighted by Gasteiger charge is -2.14. The topological polar surface area (TPSA) is 46.3 Å². The Labute approximate surface area is 113 Å². The van der Waals surface area contributed by atoms with Crippen LogP contribution in [0.1, 0.15) is 23.7 Å². The Bertz CT molecular complexity index is 569. The zero-order valence-corrected chi connectivity index (χ0v) is 11.5. The van der Waals surface area contributed by atoms with Crippen LogP contribution in [0.15, 0.2) is 18.2 Å². The monoisotopic (exact) mass is 260 g/mol. The summed E-state index contributed by atoms with van der Waals surface area (Å²) in [5.74, 6) is 0.901. The molecule has 4 heteroatoms. The summed E-state index contributed by atoms with van der Waals surface area (Å²) in [5.41, 5.74) is 3.74. The van der Waals surface area contributed by atoms with Gasteiger partial charge in [-0.15, -0.1) is 0 Å². The second kappa shape index (κ2) is 5.23. The first-order valence-electron chi connectivity index (χ1n) is 6.77. The van der Waals surface area contributed by atoms with Crippen LogP contribution >= 0.6 is 0 Å². The van der Waals surface area contributed by atoms with Crippen molar-refractivity contribution in [3.8, 4) is 5.75 Å². The number of aryl methyl sites for hydroxylation is 1. The van der Waals surface area contributed by atoms with Crippen molar-refractivity contribution in [1.29, 1.82) is 0 Å². The van der Waals surface area contributed by atoms with Crippen LogP contribution in [0.3, 0.4) is 0 Å². The van der Waals surface area contributed by atoms with Crippen molar-refractivity contribution >= 4 is 10.9 Å². The smallest absolute Gasteiger partial charge is 0.119 e. The van der Waals surface area contributed by atoms with Crippen molar-refractivity contribution in [3.63, 3.8) is 0 Å². The van der Waals surface area contributed by atoms with Gasteiger partial charge in [0.15, 0.2) is 0 Å². The minimum Gasteiger partial charge on any atom is -0.497 e. The summed E-state index contributed by atoms with van der Waals surface area (Å²) in [6.45, 7) is 4.68. The van der Waals surface area contributed by atoms with E-state index >= 15 is 0 Å². The van der Waals surface area contributed by atoms with E-state index in [1.165, 1.54) is 22.2 Å². The first-order valence-corrected chi connectivity index (χ1v) is 6.77. The Balaban J connectivity index is 2.01. The number of fused-ring (bicyclic) bond motifs is 1. The molecule has 2 N–H and O–H groups in total. The Morgan fingerprint density at radius 3 is 3.05 bits per heavy atom. The predicted molar refractivity (Wildman–Crippen MR) is 75.8 cm³/mol. The number of H-pyrrole nitrogens is 1. The van der Waals surface area contributed by atoms with Crippen LogP contribution in [0.4, 0.5) is 0 Å². The molecule has 1 saturated heterocycles. The Hall–Kier alpha value is -1.52. The summed E-state index contributed by atoms with van der Waals surface area (Å²) in [6.07, 6.45) is 1.00. The lowest BCUT2D eigenvalue weighted by atomic mass is 10.1. The molecular formula is C15H20N2O2. The lowest BCUT2D eigenvalue weighted by molar-refractivity contribution is 0.150. The van der Waals surface area contributed by atoms with Gasteiger partial charge in [-0.2, -0.15) is 0 Å². The second-order valence-electron chi connectivity index (χ2n) is 4.98. The molecule has 1 atom stereocenters. The fraction of sp³-hybridized carbons (Fsp3) is 0.467. The van der Waals surface area contributed by atoms with Gasteiger partial charge in [0.05, 0.1) is 13.7 Å². The highest BCUT2D eigenvalue weighted by molar-refractivity contribution is 5.86. The first-order chi connectivity index (χ1) is 9.29. The van der Waals surface area contributed by atoms with E-state index in [9.17, 15) is 0 Å². The third-order valence-electron chi connectivity index (χ3n) is 3.84. The number of hydrogen-bond acceptors (Lipinski definition) is 3. The van der Waals surface area contributed by atoms with Crippen LogP contribution in [-0.2, 0) is 4.74 Å². The van der Waals surface area contributed by atoms with Crippen LogP contribution in [0.5, 0.6) is 5.75 Å². The molecule has 4 nitrogen and oxygen atoms in total. The van der Waals surface area contributed by atoms with Crippen molar-refractivity contribution in [2.75, 3.05) is 26.9 Å². The van der Waals surface area contributed by atoms with E-state index in [1.807, 2.05) is 6.07 Å². The molecular weight excluding hydrogens is 240 g/mol. The maximum Gasteiger partial charge on any atom is 0.119 e. The lowest BCUT2D eigenvalue weighted by Crippen LogP contribution is -2.22. The van der Waals surface area contributed by atoms with Crippen molar-refractivity contribution in [2.45, 2.75) is 19.4 Å². The second-order valence-corrected chi connectivity index (χ2v) is 4.98. The predicted octanol–water partition coefficient (Wildman–Crippen LogP) is 2.54. The van der Waals surface area contributed by atoms with E-state index < -0.39 is 0 Å². The average molecular weight is 260 g/mol. The Morgan fingerprint density at radius 2 is 2.21 bits per heavy atom. The highest BCUT2D eigenvalue weighted by Gasteiger charge is 2.19. The highest BCUT2D eigenvalue weighted by Crippen LogP contribution is 2.30. The van der Waals surface area contributed by atoms with Crippen molar-refractivity contribution in [3.05, 3.63) is 29.5 Å². The number of rotatable bonds is 2. The summed E-state index contributed by atoms with van der Waals surface area (Å²) in [5, 5.41) is 4.78. The fourth-order valence-electron chi connectivity index (χ4n) is 2.76. The largest absolute Gasteiger partial charge is 0.497 e. The summed E-state index contributed by atoms with van der Waals surface area (Å²) in [7, 11) is 1.70. The molecule has 2 heterocycles. The molecule has 1 aliphatic rings. The molecule has 0 spiro atoms. The van der Waals surface area contributed by atoms with E-state index in [2.05, 4.69) is 29.4 Å². The zero-order chi connectivity index (χ0) is 13.2. The number of ether oxygens (including phenoxy) is 2. The summed E-state index contributed by atoms with van der Waals surface area (Å²) < 4.78 is 10.8. The summed E-state index contributed by atoms with van der Waals surface area (Å²) in [4.78, 5) is 3.54. The fourth-order valence-corrected chi connectivity index (χ4v) is 2.76. The standard InChI is InChI=1S/C15H20N2O2/c1-10-12-9-11(18-2)3-4-13(12)17-15(10)14-5-7-19-8-6-16-14/h3-4,9,14,16-17H,5-8H2,1-2H3. The third kappa shape index (κ3) is 2.33. The number of hydrogen-bond donors (Lipinski definition) is 2. The van der Waals surface area contributed by atoms with Gasteiger partial charge in [-0.05, 0) is 37.1 Å². The number of nitrogens with one attached hydrogen (secondary N) is 2. The maximum atomic E-state index is 5.50.